The molecule has 1 heterocycles. The fourth-order valence-electron chi connectivity index (χ4n) is 5.25. The molecule has 0 radical (unpaired) electrons. The van der Waals surface area contributed by atoms with Gasteiger partial charge in [0.15, 0.2) is 6.10 Å². The lowest BCUT2D eigenvalue weighted by atomic mass is 9.70. The summed E-state index contributed by atoms with van der Waals surface area (Å²) in [6, 6.07) is 10.4. The SMILES string of the molecule is CCCCOC(=O)C(CC(C)(C)C(C)c1ccccc1)ON1C(C)(CC)CC(=O)C(C)C1(C)CC. The third kappa shape index (κ3) is 6.54. The molecule has 0 N–H and O–H groups in total. The van der Waals surface area contributed by atoms with E-state index in [2.05, 4.69) is 79.7 Å². The van der Waals surface area contributed by atoms with Crippen molar-refractivity contribution in [2.45, 2.75) is 124 Å². The van der Waals surface area contributed by atoms with Crippen molar-refractivity contribution < 1.29 is 19.2 Å². The van der Waals surface area contributed by atoms with Crippen molar-refractivity contribution in [3.05, 3.63) is 35.9 Å². The summed E-state index contributed by atoms with van der Waals surface area (Å²) in [6.07, 6.45) is 3.48. The molecule has 5 unspecified atom stereocenters. The number of rotatable bonds is 12. The Hall–Kier alpha value is -1.72. The summed E-state index contributed by atoms with van der Waals surface area (Å²) in [7, 11) is 0. The monoisotopic (exact) mass is 487 g/mol. The number of ether oxygens (including phenoxy) is 1. The summed E-state index contributed by atoms with van der Waals surface area (Å²) >= 11 is 0. The van der Waals surface area contributed by atoms with Crippen LogP contribution in [0.4, 0.5) is 0 Å². The van der Waals surface area contributed by atoms with Crippen molar-refractivity contribution in [2.75, 3.05) is 6.61 Å². The lowest BCUT2D eigenvalue weighted by molar-refractivity contribution is -0.317. The molecule has 1 fully saturated rings. The molecule has 0 spiro atoms. The minimum absolute atomic E-state index is 0.180. The molecule has 1 aliphatic heterocycles. The average Bonchev–Trinajstić information content (AvgIpc) is 2.84. The van der Waals surface area contributed by atoms with Gasteiger partial charge in [-0.2, -0.15) is 5.06 Å². The van der Waals surface area contributed by atoms with Crippen LogP contribution in [-0.2, 0) is 19.2 Å². The van der Waals surface area contributed by atoms with Crippen LogP contribution in [-0.4, -0.2) is 40.6 Å². The van der Waals surface area contributed by atoms with Crippen molar-refractivity contribution >= 4 is 11.8 Å². The summed E-state index contributed by atoms with van der Waals surface area (Å²) < 4.78 is 5.71. The van der Waals surface area contributed by atoms with Gasteiger partial charge in [-0.15, -0.1) is 0 Å². The molecule has 5 heteroatoms. The number of hydrogen-bond donors (Lipinski definition) is 0. The second-order valence-electron chi connectivity index (χ2n) is 11.7. The molecule has 0 saturated carbocycles. The van der Waals surface area contributed by atoms with Gasteiger partial charge in [0.25, 0.3) is 0 Å². The Balaban J connectivity index is 2.42. The Labute approximate surface area is 213 Å². The van der Waals surface area contributed by atoms with E-state index in [1.54, 1.807) is 0 Å². The van der Waals surface area contributed by atoms with E-state index in [-0.39, 0.29) is 29.0 Å². The van der Waals surface area contributed by atoms with E-state index in [4.69, 9.17) is 9.57 Å². The number of ketones is 1. The molecule has 0 amide bonds. The minimum atomic E-state index is -0.745. The molecule has 1 aliphatic rings. The zero-order chi connectivity index (χ0) is 26.4. The van der Waals surface area contributed by atoms with Crippen LogP contribution < -0.4 is 0 Å². The lowest BCUT2D eigenvalue weighted by Crippen LogP contribution is -2.67. The van der Waals surface area contributed by atoms with E-state index in [0.717, 1.165) is 25.7 Å². The van der Waals surface area contributed by atoms with Crippen molar-refractivity contribution in [1.82, 2.24) is 5.06 Å². The Morgan fingerprint density at radius 2 is 1.77 bits per heavy atom. The van der Waals surface area contributed by atoms with Gasteiger partial charge in [-0.1, -0.05) is 85.2 Å². The molecular weight excluding hydrogens is 438 g/mol. The first-order valence-corrected chi connectivity index (χ1v) is 13.6. The van der Waals surface area contributed by atoms with Gasteiger partial charge in [0.2, 0.25) is 0 Å². The van der Waals surface area contributed by atoms with Gasteiger partial charge in [-0.3, -0.25) is 9.63 Å². The summed E-state index contributed by atoms with van der Waals surface area (Å²) in [4.78, 5) is 33.2. The van der Waals surface area contributed by atoms with E-state index >= 15 is 0 Å². The third-order valence-corrected chi connectivity index (χ3v) is 8.82. The maximum absolute atomic E-state index is 13.4. The van der Waals surface area contributed by atoms with Gasteiger partial charge < -0.3 is 4.74 Å². The zero-order valence-electron chi connectivity index (χ0n) is 23.6. The molecule has 0 aliphatic carbocycles. The van der Waals surface area contributed by atoms with Crippen molar-refractivity contribution in [2.24, 2.45) is 11.3 Å². The number of piperidine rings is 1. The van der Waals surface area contributed by atoms with Gasteiger partial charge in [-0.05, 0) is 56.4 Å². The highest BCUT2D eigenvalue weighted by molar-refractivity contribution is 5.84. The van der Waals surface area contributed by atoms with Crippen LogP contribution in [0.3, 0.4) is 0 Å². The number of hydroxylamine groups is 2. The highest BCUT2D eigenvalue weighted by atomic mass is 16.7. The standard InChI is InChI=1S/C30H49NO4/c1-10-13-19-34-27(33)26(21-28(6,7)22(4)24-17-15-14-16-18-24)35-31-29(8,11-2)20-25(32)23(5)30(31,9)12-3/h14-18,22-23,26H,10-13,19-21H2,1-9H3. The Bertz CT molecular complexity index is 838. The highest BCUT2D eigenvalue weighted by Gasteiger charge is 2.55. The Morgan fingerprint density at radius 1 is 1.14 bits per heavy atom. The predicted octanol–water partition coefficient (Wildman–Crippen LogP) is 7.10. The van der Waals surface area contributed by atoms with Crippen molar-refractivity contribution in [3.63, 3.8) is 0 Å². The van der Waals surface area contributed by atoms with Crippen molar-refractivity contribution in [1.29, 1.82) is 0 Å². The minimum Gasteiger partial charge on any atom is -0.464 e. The van der Waals surface area contributed by atoms with Crippen molar-refractivity contribution in [3.8, 4) is 0 Å². The van der Waals surface area contributed by atoms with E-state index < -0.39 is 17.2 Å². The van der Waals surface area contributed by atoms with E-state index in [9.17, 15) is 9.59 Å². The fourth-order valence-corrected chi connectivity index (χ4v) is 5.25. The smallest absolute Gasteiger partial charge is 0.337 e. The van der Waals surface area contributed by atoms with Gasteiger partial charge in [0.05, 0.1) is 17.7 Å². The number of hydrogen-bond acceptors (Lipinski definition) is 5. The number of esters is 1. The Morgan fingerprint density at radius 3 is 2.31 bits per heavy atom. The maximum atomic E-state index is 13.4. The second kappa shape index (κ2) is 12.0. The average molecular weight is 488 g/mol. The van der Waals surface area contributed by atoms with Crippen LogP contribution in [0.1, 0.15) is 112 Å². The van der Waals surface area contributed by atoms with E-state index in [1.165, 1.54) is 5.56 Å². The second-order valence-corrected chi connectivity index (χ2v) is 11.7. The number of carbonyl (C=O) groups is 2. The number of Topliss-reactive ketones (excluding diaryl/α,β-unsaturated/α-hetero) is 1. The molecule has 1 saturated heterocycles. The number of nitrogens with zero attached hydrogens (tertiary/aromatic N) is 1. The molecule has 0 bridgehead atoms. The molecule has 5 nitrogen and oxygen atoms in total. The van der Waals surface area contributed by atoms with Crippen LogP contribution in [0.2, 0.25) is 0 Å². The van der Waals surface area contributed by atoms with Gasteiger partial charge in [-0.25, -0.2) is 4.79 Å². The molecule has 0 aromatic heterocycles. The lowest BCUT2D eigenvalue weighted by Gasteiger charge is -2.56. The normalized spacial score (nSPS) is 27.5. The zero-order valence-corrected chi connectivity index (χ0v) is 23.6. The third-order valence-electron chi connectivity index (χ3n) is 8.82. The van der Waals surface area contributed by atoms with Crippen LogP contribution in [0, 0.1) is 11.3 Å². The van der Waals surface area contributed by atoms with Gasteiger partial charge in [0, 0.05) is 12.3 Å². The van der Waals surface area contributed by atoms with E-state index in [1.807, 2.05) is 18.1 Å². The highest BCUT2D eigenvalue weighted by Crippen LogP contribution is 2.46. The Kier molecular flexibility index (Phi) is 10.1. The number of unbranched alkanes of at least 4 members (excludes halogenated alkanes) is 1. The molecule has 1 aromatic carbocycles. The summed E-state index contributed by atoms with van der Waals surface area (Å²) in [5, 5.41) is 2.01. The largest absolute Gasteiger partial charge is 0.464 e. The molecule has 2 rings (SSSR count). The fraction of sp³-hybridized carbons (Fsp3) is 0.733. The number of carbonyl (C=O) groups excluding carboxylic acids is 2. The van der Waals surface area contributed by atoms with Gasteiger partial charge >= 0.3 is 5.97 Å². The van der Waals surface area contributed by atoms with Crippen LogP contribution >= 0.6 is 0 Å². The molecule has 35 heavy (non-hydrogen) atoms. The number of benzene rings is 1. The molecule has 198 valence electrons. The summed E-state index contributed by atoms with van der Waals surface area (Å²) in [5.74, 6) is -0.0118. The summed E-state index contributed by atoms with van der Waals surface area (Å²) in [6.45, 7) is 19.4. The topological polar surface area (TPSA) is 55.8 Å². The van der Waals surface area contributed by atoms with Gasteiger partial charge in [0.1, 0.15) is 5.78 Å². The first kappa shape index (κ1) is 29.5. The predicted molar refractivity (Wildman–Crippen MR) is 142 cm³/mol. The molecule has 1 aromatic rings. The quantitative estimate of drug-likeness (QED) is 0.232. The van der Waals surface area contributed by atoms with E-state index in [0.29, 0.717) is 19.4 Å². The van der Waals surface area contributed by atoms with Crippen LogP contribution in [0.15, 0.2) is 30.3 Å². The first-order chi connectivity index (χ1) is 16.4. The maximum Gasteiger partial charge on any atom is 0.337 e. The molecular formula is C30H49NO4. The molecule has 5 atom stereocenters. The first-order valence-electron chi connectivity index (χ1n) is 13.6. The van der Waals surface area contributed by atoms with Crippen LogP contribution in [0.5, 0.6) is 0 Å². The van der Waals surface area contributed by atoms with Crippen LogP contribution in [0.25, 0.3) is 0 Å². The summed E-state index contributed by atoms with van der Waals surface area (Å²) in [5.41, 5.74) is 0.0330.